The van der Waals surface area contributed by atoms with Gasteiger partial charge in [0.2, 0.25) is 0 Å². The Hall–Kier alpha value is -0.0500. The number of rotatable bonds is 1. The molecule has 0 aromatic carbocycles. The number of alkyl halides is 1. The van der Waals surface area contributed by atoms with Gasteiger partial charge in [-0.25, -0.2) is 0 Å². The molecule has 1 aliphatic heterocycles. The molecule has 1 heterocycles. The normalized spacial score (nSPS) is 44.1. The zero-order valence-electron chi connectivity index (χ0n) is 10.3. The van der Waals surface area contributed by atoms with E-state index in [0.717, 1.165) is 31.1 Å². The van der Waals surface area contributed by atoms with Crippen molar-refractivity contribution >= 4 is 21.9 Å². The Morgan fingerprint density at radius 2 is 2.19 bits per heavy atom. The van der Waals surface area contributed by atoms with Gasteiger partial charge in [-0.05, 0) is 31.1 Å². The van der Waals surface area contributed by atoms with E-state index < -0.39 is 0 Å². The highest BCUT2D eigenvalue weighted by atomic mass is 79.9. The summed E-state index contributed by atoms with van der Waals surface area (Å²) in [6.45, 7) is 6.54. The Bertz CT molecular complexity index is 290. The molecule has 4 atom stereocenters. The predicted octanol–water partition coefficient (Wildman–Crippen LogP) is 3.53. The van der Waals surface area contributed by atoms with Crippen LogP contribution in [0.5, 0.6) is 0 Å². The predicted molar refractivity (Wildman–Crippen MR) is 67.5 cm³/mol. The van der Waals surface area contributed by atoms with Crippen molar-refractivity contribution < 1.29 is 9.53 Å². The van der Waals surface area contributed by atoms with Gasteiger partial charge in [-0.3, -0.25) is 4.79 Å². The van der Waals surface area contributed by atoms with Crippen molar-refractivity contribution in [3.63, 3.8) is 0 Å². The number of halogens is 1. The molecule has 92 valence electrons. The van der Waals surface area contributed by atoms with Gasteiger partial charge >= 0.3 is 5.97 Å². The molecule has 1 aliphatic carbocycles. The first kappa shape index (κ1) is 12.4. The van der Waals surface area contributed by atoms with Gasteiger partial charge in [-0.1, -0.05) is 36.7 Å². The summed E-state index contributed by atoms with van der Waals surface area (Å²) in [5, 5.41) is 0. The van der Waals surface area contributed by atoms with E-state index in [4.69, 9.17) is 4.74 Å². The average Bonchev–Trinajstić information content (AvgIpc) is 2.48. The zero-order chi connectivity index (χ0) is 11.9. The van der Waals surface area contributed by atoms with Gasteiger partial charge in [0, 0.05) is 6.42 Å². The molecule has 0 amide bonds. The van der Waals surface area contributed by atoms with Crippen LogP contribution in [0.2, 0.25) is 0 Å². The van der Waals surface area contributed by atoms with Crippen LogP contribution in [-0.4, -0.2) is 16.4 Å². The molecule has 0 unspecified atom stereocenters. The van der Waals surface area contributed by atoms with Crippen LogP contribution in [0.4, 0.5) is 0 Å². The molecule has 16 heavy (non-hydrogen) atoms. The number of carbonyl (C=O) groups is 1. The van der Waals surface area contributed by atoms with E-state index in [-0.39, 0.29) is 17.5 Å². The highest BCUT2D eigenvalue weighted by Gasteiger charge is 2.52. The summed E-state index contributed by atoms with van der Waals surface area (Å²) in [5.74, 6) is 1.57. The van der Waals surface area contributed by atoms with E-state index in [0.29, 0.717) is 4.83 Å². The van der Waals surface area contributed by atoms with Crippen molar-refractivity contribution in [2.24, 2.45) is 17.8 Å². The lowest BCUT2D eigenvalue weighted by Gasteiger charge is -2.41. The fourth-order valence-corrected chi connectivity index (χ4v) is 4.07. The Morgan fingerprint density at radius 1 is 1.50 bits per heavy atom. The third kappa shape index (κ3) is 2.03. The van der Waals surface area contributed by atoms with Crippen LogP contribution in [0, 0.1) is 17.8 Å². The maximum absolute atomic E-state index is 11.6. The molecule has 0 aromatic heterocycles. The number of carbonyl (C=O) groups excluding carboxylic acids is 1. The van der Waals surface area contributed by atoms with Crippen molar-refractivity contribution in [2.75, 3.05) is 0 Å². The van der Waals surface area contributed by atoms with Crippen molar-refractivity contribution in [1.82, 2.24) is 0 Å². The van der Waals surface area contributed by atoms with Gasteiger partial charge in [0.25, 0.3) is 0 Å². The Balaban J connectivity index is 2.07. The minimum atomic E-state index is -0.193. The summed E-state index contributed by atoms with van der Waals surface area (Å²) in [6, 6.07) is 0. The summed E-state index contributed by atoms with van der Waals surface area (Å²) in [4.78, 5) is 11.9. The Morgan fingerprint density at radius 3 is 2.62 bits per heavy atom. The minimum absolute atomic E-state index is 0.00699. The molecule has 0 bridgehead atoms. The van der Waals surface area contributed by atoms with Crippen molar-refractivity contribution in [3.05, 3.63) is 0 Å². The number of hydrogen-bond donors (Lipinski definition) is 0. The van der Waals surface area contributed by atoms with E-state index in [1.165, 1.54) is 6.42 Å². The first-order valence-electron chi connectivity index (χ1n) is 6.31. The van der Waals surface area contributed by atoms with Crippen LogP contribution in [-0.2, 0) is 9.53 Å². The minimum Gasteiger partial charge on any atom is -0.458 e. The molecule has 0 N–H and O–H groups in total. The average molecular weight is 289 g/mol. The molecule has 2 aliphatic rings. The second-order valence-corrected chi connectivity index (χ2v) is 6.94. The fourth-order valence-electron chi connectivity index (χ4n) is 3.08. The topological polar surface area (TPSA) is 26.3 Å². The number of esters is 1. The van der Waals surface area contributed by atoms with Crippen molar-refractivity contribution in [2.45, 2.75) is 56.9 Å². The van der Waals surface area contributed by atoms with Gasteiger partial charge in [0.05, 0.1) is 10.7 Å². The van der Waals surface area contributed by atoms with Crippen LogP contribution in [0.25, 0.3) is 0 Å². The molecule has 1 saturated heterocycles. The van der Waals surface area contributed by atoms with Gasteiger partial charge < -0.3 is 4.74 Å². The summed E-state index contributed by atoms with van der Waals surface area (Å²) in [7, 11) is 0. The lowest BCUT2D eigenvalue weighted by atomic mass is 9.73. The number of hydrogen-bond acceptors (Lipinski definition) is 2. The monoisotopic (exact) mass is 288 g/mol. The van der Waals surface area contributed by atoms with E-state index >= 15 is 0 Å². The molecule has 2 nitrogen and oxygen atoms in total. The summed E-state index contributed by atoms with van der Waals surface area (Å²) in [5.41, 5.74) is -0.193. The number of ether oxygens (including phenoxy) is 1. The van der Waals surface area contributed by atoms with Gasteiger partial charge in [-0.2, -0.15) is 0 Å². The van der Waals surface area contributed by atoms with Crippen LogP contribution >= 0.6 is 15.9 Å². The second-order valence-electron chi connectivity index (χ2n) is 5.84. The molecule has 3 heteroatoms. The maximum atomic E-state index is 11.6. The maximum Gasteiger partial charge on any atom is 0.309 e. The van der Waals surface area contributed by atoms with Crippen LogP contribution in [0.3, 0.4) is 0 Å². The highest BCUT2D eigenvalue weighted by molar-refractivity contribution is 9.09. The van der Waals surface area contributed by atoms with Crippen LogP contribution in [0.15, 0.2) is 0 Å². The quantitative estimate of drug-likeness (QED) is 0.545. The lowest BCUT2D eigenvalue weighted by Crippen LogP contribution is -2.44. The van der Waals surface area contributed by atoms with Crippen LogP contribution in [0.1, 0.15) is 46.5 Å². The summed E-state index contributed by atoms with van der Waals surface area (Å²) < 4.78 is 5.66. The molecular weight excluding hydrogens is 268 g/mol. The third-order valence-corrected chi connectivity index (χ3v) is 5.53. The molecular formula is C13H21BrO2. The largest absolute Gasteiger partial charge is 0.458 e. The summed E-state index contributed by atoms with van der Waals surface area (Å²) >= 11 is 3.76. The molecule has 2 fully saturated rings. The lowest BCUT2D eigenvalue weighted by molar-refractivity contribution is -0.152. The molecule has 1 saturated carbocycles. The van der Waals surface area contributed by atoms with Gasteiger partial charge in [0.1, 0.15) is 5.60 Å². The second kappa shape index (κ2) is 4.32. The van der Waals surface area contributed by atoms with E-state index in [1.54, 1.807) is 0 Å². The third-order valence-electron chi connectivity index (χ3n) is 4.32. The van der Waals surface area contributed by atoms with Crippen molar-refractivity contribution in [3.8, 4) is 0 Å². The van der Waals surface area contributed by atoms with Gasteiger partial charge in [0.15, 0.2) is 0 Å². The SMILES string of the molecule is CC(C)[C@H]1CC[C@]2(C[C@H](C)C(=O)O2)[C@H](Br)C1. The molecule has 1 spiro atoms. The first-order valence-corrected chi connectivity index (χ1v) is 7.23. The fraction of sp³-hybridized carbons (Fsp3) is 0.923. The Kier molecular flexibility index (Phi) is 3.35. The van der Waals surface area contributed by atoms with Gasteiger partial charge in [-0.15, -0.1) is 0 Å². The molecule has 0 radical (unpaired) electrons. The van der Waals surface area contributed by atoms with Crippen molar-refractivity contribution in [1.29, 1.82) is 0 Å². The summed E-state index contributed by atoms with van der Waals surface area (Å²) in [6.07, 6.45) is 4.26. The standard InChI is InChI=1S/C13H21BrO2/c1-8(2)10-4-5-13(11(14)6-10)7-9(3)12(15)16-13/h8-11H,4-7H2,1-3H3/t9-,10-,11+,13-/m0/s1. The highest BCUT2D eigenvalue weighted by Crippen LogP contribution is 2.48. The van der Waals surface area contributed by atoms with E-state index in [1.807, 2.05) is 6.92 Å². The smallest absolute Gasteiger partial charge is 0.309 e. The van der Waals surface area contributed by atoms with Crippen LogP contribution < -0.4 is 0 Å². The molecule has 2 rings (SSSR count). The zero-order valence-corrected chi connectivity index (χ0v) is 11.9. The first-order chi connectivity index (χ1) is 7.44. The molecule has 0 aromatic rings. The van der Waals surface area contributed by atoms with E-state index in [2.05, 4.69) is 29.8 Å². The van der Waals surface area contributed by atoms with E-state index in [9.17, 15) is 4.79 Å². The Labute approximate surface area is 106 Å².